The van der Waals surface area contributed by atoms with Gasteiger partial charge in [-0.05, 0) is 13.8 Å². The number of ether oxygens (including phenoxy) is 1. The molecule has 0 atom stereocenters. The summed E-state index contributed by atoms with van der Waals surface area (Å²) in [5, 5.41) is 0. The Morgan fingerprint density at radius 2 is 1.80 bits per heavy atom. The van der Waals surface area contributed by atoms with Crippen LogP contribution in [0, 0.1) is 0 Å². The Balaban J connectivity index is 3.28. The molecule has 0 bridgehead atoms. The average Bonchev–Trinajstić information content (AvgIpc) is 1.89. The second kappa shape index (κ2) is 5.09. The summed E-state index contributed by atoms with van der Waals surface area (Å²) in [4.78, 5) is 0. The summed E-state index contributed by atoms with van der Waals surface area (Å²) in [7, 11) is -0.578. The molecule has 0 amide bonds. The normalized spacial score (nSPS) is 12.0. The van der Waals surface area contributed by atoms with Crippen LogP contribution in [-0.2, 0) is 4.74 Å². The Morgan fingerprint density at radius 3 is 2.20 bits per heavy atom. The molecule has 62 valence electrons. The quantitative estimate of drug-likeness (QED) is 0.446. The van der Waals surface area contributed by atoms with E-state index < -0.39 is 7.26 Å². The first-order chi connectivity index (χ1) is 4.62. The van der Waals surface area contributed by atoms with E-state index >= 15 is 0 Å². The van der Waals surface area contributed by atoms with E-state index in [0.29, 0.717) is 0 Å². The van der Waals surface area contributed by atoms with E-state index in [1.807, 2.05) is 0 Å². The van der Waals surface area contributed by atoms with Crippen LogP contribution in [0.15, 0.2) is 0 Å². The molecular weight excluding hydrogens is 143 g/mol. The molecule has 0 spiro atoms. The van der Waals surface area contributed by atoms with Crippen LogP contribution in [0.2, 0.25) is 0 Å². The predicted molar refractivity (Wildman–Crippen MR) is 50.7 cm³/mol. The van der Waals surface area contributed by atoms with E-state index in [4.69, 9.17) is 4.74 Å². The molecule has 2 heteroatoms. The number of hydrogen-bond donors (Lipinski definition) is 0. The Kier molecular flexibility index (Phi) is 5.29. The maximum absolute atomic E-state index is 5.30. The van der Waals surface area contributed by atoms with Crippen molar-refractivity contribution in [1.82, 2.24) is 0 Å². The smallest absolute Gasteiger partial charge is 0.0822 e. The molecule has 0 N–H and O–H groups in total. The van der Waals surface area contributed by atoms with Gasteiger partial charge in [0.2, 0.25) is 0 Å². The minimum absolute atomic E-state index is 0.578. The molecule has 1 nitrogen and oxygen atoms in total. The third-order valence-electron chi connectivity index (χ3n) is 1.90. The standard InChI is InChI=1S/C8H20OP/c1-5-9-7-8-10(3,4)6-2/h5-8H2,1-4H3/q+1. The van der Waals surface area contributed by atoms with Crippen LogP contribution < -0.4 is 0 Å². The van der Waals surface area contributed by atoms with Gasteiger partial charge in [-0.15, -0.1) is 0 Å². The van der Waals surface area contributed by atoms with Crippen molar-refractivity contribution < 1.29 is 4.74 Å². The molecule has 0 aromatic rings. The lowest BCUT2D eigenvalue weighted by molar-refractivity contribution is 0.163. The van der Waals surface area contributed by atoms with Crippen molar-refractivity contribution >= 4 is 7.26 Å². The first-order valence-corrected chi connectivity index (χ1v) is 7.07. The first-order valence-electron chi connectivity index (χ1n) is 4.02. The Hall–Kier alpha value is 0.390. The van der Waals surface area contributed by atoms with E-state index in [-0.39, 0.29) is 0 Å². The van der Waals surface area contributed by atoms with Gasteiger partial charge >= 0.3 is 0 Å². The summed E-state index contributed by atoms with van der Waals surface area (Å²) >= 11 is 0. The minimum Gasteiger partial charge on any atom is -0.378 e. The molecular formula is C8H20OP+. The van der Waals surface area contributed by atoms with Gasteiger partial charge in [-0.25, -0.2) is 0 Å². The van der Waals surface area contributed by atoms with E-state index in [1.54, 1.807) is 0 Å². The van der Waals surface area contributed by atoms with Gasteiger partial charge in [-0.1, -0.05) is 0 Å². The van der Waals surface area contributed by atoms with Crippen LogP contribution in [0.3, 0.4) is 0 Å². The van der Waals surface area contributed by atoms with Gasteiger partial charge in [0.25, 0.3) is 0 Å². The van der Waals surface area contributed by atoms with E-state index in [0.717, 1.165) is 13.2 Å². The van der Waals surface area contributed by atoms with Gasteiger partial charge in [0.15, 0.2) is 0 Å². The summed E-state index contributed by atoms with van der Waals surface area (Å²) < 4.78 is 5.30. The second-order valence-electron chi connectivity index (χ2n) is 3.17. The summed E-state index contributed by atoms with van der Waals surface area (Å²) in [6.45, 7) is 10.9. The monoisotopic (exact) mass is 163 g/mol. The lowest BCUT2D eigenvalue weighted by atomic mass is 10.8. The average molecular weight is 163 g/mol. The highest BCUT2D eigenvalue weighted by Crippen LogP contribution is 2.49. The van der Waals surface area contributed by atoms with Crippen molar-refractivity contribution in [3.8, 4) is 0 Å². The topological polar surface area (TPSA) is 9.23 Å². The molecule has 0 radical (unpaired) electrons. The van der Waals surface area contributed by atoms with Crippen LogP contribution in [-0.4, -0.2) is 38.9 Å². The molecule has 0 unspecified atom stereocenters. The fourth-order valence-corrected chi connectivity index (χ4v) is 1.55. The summed E-state index contributed by atoms with van der Waals surface area (Å²) in [6.07, 6.45) is 2.64. The molecule has 0 aliphatic rings. The van der Waals surface area contributed by atoms with Crippen molar-refractivity contribution in [3.63, 3.8) is 0 Å². The van der Waals surface area contributed by atoms with Crippen molar-refractivity contribution in [2.75, 3.05) is 38.9 Å². The SMILES string of the molecule is CCOCC[P+](C)(C)CC. The molecule has 0 heterocycles. The zero-order chi connectivity index (χ0) is 8.04. The van der Waals surface area contributed by atoms with Gasteiger partial charge in [-0.3, -0.25) is 0 Å². The van der Waals surface area contributed by atoms with Gasteiger partial charge in [-0.2, -0.15) is 0 Å². The van der Waals surface area contributed by atoms with Crippen molar-refractivity contribution in [1.29, 1.82) is 0 Å². The molecule has 0 saturated carbocycles. The van der Waals surface area contributed by atoms with Crippen molar-refractivity contribution in [2.45, 2.75) is 13.8 Å². The Morgan fingerprint density at radius 1 is 1.20 bits per heavy atom. The maximum atomic E-state index is 5.30. The van der Waals surface area contributed by atoms with Crippen LogP contribution in [0.5, 0.6) is 0 Å². The molecule has 0 aliphatic carbocycles. The second-order valence-corrected chi connectivity index (χ2v) is 8.12. The largest absolute Gasteiger partial charge is 0.378 e. The summed E-state index contributed by atoms with van der Waals surface area (Å²) in [5.41, 5.74) is 0. The minimum atomic E-state index is -0.578. The van der Waals surface area contributed by atoms with Crippen LogP contribution in [0.1, 0.15) is 13.8 Å². The van der Waals surface area contributed by atoms with Crippen LogP contribution in [0.4, 0.5) is 0 Å². The maximum Gasteiger partial charge on any atom is 0.0822 e. The summed E-state index contributed by atoms with van der Waals surface area (Å²) in [6, 6.07) is 0. The third kappa shape index (κ3) is 5.20. The molecule has 0 aromatic carbocycles. The molecule has 0 aromatic heterocycles. The van der Waals surface area contributed by atoms with Gasteiger partial charge in [0, 0.05) is 27.2 Å². The Labute approximate surface area is 65.5 Å². The van der Waals surface area contributed by atoms with E-state index in [1.165, 1.54) is 12.3 Å². The molecule has 0 fully saturated rings. The van der Waals surface area contributed by atoms with E-state index in [2.05, 4.69) is 27.2 Å². The van der Waals surface area contributed by atoms with Crippen molar-refractivity contribution in [3.05, 3.63) is 0 Å². The van der Waals surface area contributed by atoms with Gasteiger partial charge in [0.05, 0.1) is 18.9 Å². The lowest BCUT2D eigenvalue weighted by Gasteiger charge is -2.14. The highest BCUT2D eigenvalue weighted by Gasteiger charge is 2.20. The highest BCUT2D eigenvalue weighted by molar-refractivity contribution is 7.74. The fraction of sp³-hybridized carbons (Fsp3) is 1.00. The molecule has 0 saturated heterocycles. The van der Waals surface area contributed by atoms with Gasteiger partial charge < -0.3 is 4.74 Å². The first kappa shape index (κ1) is 10.4. The zero-order valence-electron chi connectivity index (χ0n) is 7.68. The van der Waals surface area contributed by atoms with E-state index in [9.17, 15) is 0 Å². The summed E-state index contributed by atoms with van der Waals surface area (Å²) in [5.74, 6) is 0. The fourth-order valence-electron chi connectivity index (χ4n) is 0.614. The Bertz CT molecular complexity index is 81.3. The predicted octanol–water partition coefficient (Wildman–Crippen LogP) is 2.32. The molecule has 0 rings (SSSR count). The van der Waals surface area contributed by atoms with Crippen LogP contribution >= 0.6 is 7.26 Å². The number of hydrogen-bond acceptors (Lipinski definition) is 1. The highest BCUT2D eigenvalue weighted by atomic mass is 31.2. The van der Waals surface area contributed by atoms with Gasteiger partial charge in [0.1, 0.15) is 0 Å². The molecule has 10 heavy (non-hydrogen) atoms. The number of rotatable bonds is 5. The zero-order valence-corrected chi connectivity index (χ0v) is 8.58. The lowest BCUT2D eigenvalue weighted by Crippen LogP contribution is -2.05. The molecule has 0 aliphatic heterocycles. The van der Waals surface area contributed by atoms with Crippen molar-refractivity contribution in [2.24, 2.45) is 0 Å². The van der Waals surface area contributed by atoms with Crippen LogP contribution in [0.25, 0.3) is 0 Å². The third-order valence-corrected chi connectivity index (χ3v) is 5.01.